The van der Waals surface area contributed by atoms with E-state index < -0.39 is 0 Å². The lowest BCUT2D eigenvalue weighted by Crippen LogP contribution is -2.25. The molecule has 2 aromatic carbocycles. The smallest absolute Gasteiger partial charge is 0.223 e. The molecule has 29 heavy (non-hydrogen) atoms. The second kappa shape index (κ2) is 11.3. The normalized spacial score (nSPS) is 12.4. The van der Waals surface area contributed by atoms with Crippen LogP contribution in [0.15, 0.2) is 42.5 Å². The van der Waals surface area contributed by atoms with E-state index in [2.05, 4.69) is 11.4 Å². The fourth-order valence-electron chi connectivity index (χ4n) is 3.63. The Kier molecular flexibility index (Phi) is 9.15. The van der Waals surface area contributed by atoms with Crippen molar-refractivity contribution in [3.05, 3.63) is 64.2 Å². The van der Waals surface area contributed by atoms with Gasteiger partial charge in [-0.3, -0.25) is 9.59 Å². The molecule has 0 bridgehead atoms. The second-order valence-electron chi connectivity index (χ2n) is 7.24. The molecular formula is C23H28Cl2N2O2. The van der Waals surface area contributed by atoms with Gasteiger partial charge >= 0.3 is 0 Å². The zero-order chi connectivity index (χ0) is 19.9. The number of hydrogen-bond acceptors (Lipinski definition) is 3. The molecule has 1 heterocycles. The van der Waals surface area contributed by atoms with Crippen LogP contribution < -0.4 is 10.2 Å². The average molecular weight is 435 g/mol. The number of benzene rings is 2. The summed E-state index contributed by atoms with van der Waals surface area (Å²) in [6.45, 7) is 4.07. The minimum atomic E-state index is 0. The van der Waals surface area contributed by atoms with Crippen LogP contribution in [0.3, 0.4) is 0 Å². The molecule has 6 heteroatoms. The molecule has 0 atom stereocenters. The van der Waals surface area contributed by atoms with Gasteiger partial charge in [0.2, 0.25) is 5.91 Å². The number of rotatable bonds is 9. The highest BCUT2D eigenvalue weighted by molar-refractivity contribution is 6.31. The molecule has 0 fully saturated rings. The Morgan fingerprint density at radius 1 is 1.10 bits per heavy atom. The fraction of sp³-hybridized carbons (Fsp3) is 0.391. The predicted molar refractivity (Wildman–Crippen MR) is 122 cm³/mol. The number of halogens is 2. The molecule has 1 amide bonds. The molecule has 0 aromatic heterocycles. The number of amides is 1. The Morgan fingerprint density at radius 3 is 2.66 bits per heavy atom. The molecule has 3 rings (SSSR count). The van der Waals surface area contributed by atoms with Crippen molar-refractivity contribution in [3.8, 4) is 0 Å². The lowest BCUT2D eigenvalue weighted by molar-refractivity contribution is -0.116. The summed E-state index contributed by atoms with van der Waals surface area (Å²) in [5, 5.41) is 4.23. The van der Waals surface area contributed by atoms with Crippen molar-refractivity contribution in [1.82, 2.24) is 5.32 Å². The van der Waals surface area contributed by atoms with E-state index in [-0.39, 0.29) is 24.1 Å². The number of hydrogen-bond donors (Lipinski definition) is 1. The standard InChI is InChI=1S/C23H27ClN2O2.ClH/c1-17(27)26-15-12-19-16-20(9-10-22(19)26)23(28)8-4-5-13-25-14-11-18-6-2-3-7-21(18)24;/h2-3,6-7,9-10,16,25H,4-5,8,11-15H2,1H3;1H. The SMILES string of the molecule is CC(=O)N1CCc2cc(C(=O)CCCCNCCc3ccccc3Cl)ccc21.Cl. The molecule has 0 aliphatic carbocycles. The number of carbonyl (C=O) groups excluding carboxylic acids is 2. The zero-order valence-corrected chi connectivity index (χ0v) is 18.3. The van der Waals surface area contributed by atoms with Crippen molar-refractivity contribution in [3.63, 3.8) is 0 Å². The van der Waals surface area contributed by atoms with Crippen LogP contribution in [-0.2, 0) is 17.6 Å². The van der Waals surface area contributed by atoms with E-state index in [4.69, 9.17) is 11.6 Å². The van der Waals surface area contributed by atoms with Gasteiger partial charge in [0.25, 0.3) is 0 Å². The number of anilines is 1. The Morgan fingerprint density at radius 2 is 1.90 bits per heavy atom. The van der Waals surface area contributed by atoms with Gasteiger partial charge in [-0.1, -0.05) is 29.8 Å². The third-order valence-corrected chi connectivity index (χ3v) is 5.58. The Balaban J connectivity index is 0.00000300. The Bertz CT molecular complexity index is 855. The number of Topliss-reactive ketones (excluding diaryl/α,β-unsaturated/α-hetero) is 1. The van der Waals surface area contributed by atoms with E-state index in [1.807, 2.05) is 36.4 Å². The maximum Gasteiger partial charge on any atom is 0.223 e. The summed E-state index contributed by atoms with van der Waals surface area (Å²) in [7, 11) is 0. The topological polar surface area (TPSA) is 49.4 Å². The molecule has 0 spiro atoms. The second-order valence-corrected chi connectivity index (χ2v) is 7.64. The van der Waals surface area contributed by atoms with Gasteiger partial charge in [0, 0.05) is 36.2 Å². The van der Waals surface area contributed by atoms with Crippen LogP contribution in [0, 0.1) is 0 Å². The fourth-order valence-corrected chi connectivity index (χ4v) is 3.86. The van der Waals surface area contributed by atoms with Crippen molar-refractivity contribution in [1.29, 1.82) is 0 Å². The number of ketones is 1. The Hall–Kier alpha value is -1.88. The molecule has 0 unspecified atom stereocenters. The number of unbranched alkanes of at least 4 members (excludes halogenated alkanes) is 1. The first-order valence-electron chi connectivity index (χ1n) is 9.94. The first-order chi connectivity index (χ1) is 13.6. The minimum absolute atomic E-state index is 0. The van der Waals surface area contributed by atoms with Crippen LogP contribution >= 0.6 is 24.0 Å². The first-order valence-corrected chi connectivity index (χ1v) is 10.3. The third kappa shape index (κ3) is 6.30. The molecule has 2 aromatic rings. The van der Waals surface area contributed by atoms with Crippen LogP contribution in [0.2, 0.25) is 5.02 Å². The average Bonchev–Trinajstić information content (AvgIpc) is 3.12. The molecule has 1 N–H and O–H groups in total. The lowest BCUT2D eigenvalue weighted by Gasteiger charge is -2.14. The molecule has 1 aliphatic rings. The molecule has 1 aliphatic heterocycles. The zero-order valence-electron chi connectivity index (χ0n) is 16.7. The number of carbonyl (C=O) groups is 2. The van der Waals surface area contributed by atoms with Gasteiger partial charge in [0.05, 0.1) is 0 Å². The summed E-state index contributed by atoms with van der Waals surface area (Å²) in [6.07, 6.45) is 4.13. The van der Waals surface area contributed by atoms with E-state index in [9.17, 15) is 9.59 Å². The van der Waals surface area contributed by atoms with E-state index in [1.165, 1.54) is 0 Å². The van der Waals surface area contributed by atoms with E-state index >= 15 is 0 Å². The van der Waals surface area contributed by atoms with Crippen LogP contribution in [0.5, 0.6) is 0 Å². The van der Waals surface area contributed by atoms with E-state index in [0.29, 0.717) is 13.0 Å². The van der Waals surface area contributed by atoms with Gasteiger partial charge in [-0.2, -0.15) is 0 Å². The molecule has 4 nitrogen and oxygen atoms in total. The summed E-state index contributed by atoms with van der Waals surface area (Å²) in [6, 6.07) is 13.6. The maximum absolute atomic E-state index is 12.5. The monoisotopic (exact) mass is 434 g/mol. The summed E-state index contributed by atoms with van der Waals surface area (Å²) in [4.78, 5) is 25.9. The summed E-state index contributed by atoms with van der Waals surface area (Å²) >= 11 is 6.15. The molecule has 156 valence electrons. The third-order valence-electron chi connectivity index (χ3n) is 5.21. The summed E-state index contributed by atoms with van der Waals surface area (Å²) < 4.78 is 0. The highest BCUT2D eigenvalue weighted by atomic mass is 35.5. The highest BCUT2D eigenvalue weighted by Crippen LogP contribution is 2.29. The number of nitrogens with zero attached hydrogens (tertiary/aromatic N) is 1. The highest BCUT2D eigenvalue weighted by Gasteiger charge is 2.22. The summed E-state index contributed by atoms with van der Waals surface area (Å²) in [5.41, 5.74) is 3.97. The molecule has 0 saturated carbocycles. The Labute approximate surface area is 184 Å². The molecular weight excluding hydrogens is 407 g/mol. The van der Waals surface area contributed by atoms with E-state index in [0.717, 1.165) is 66.2 Å². The number of nitrogens with one attached hydrogen (secondary N) is 1. The first kappa shape index (κ1) is 23.4. The van der Waals surface area contributed by atoms with Crippen molar-refractivity contribution in [2.24, 2.45) is 0 Å². The van der Waals surface area contributed by atoms with Gasteiger partial charge in [0.15, 0.2) is 5.78 Å². The van der Waals surface area contributed by atoms with Crippen LogP contribution in [0.25, 0.3) is 0 Å². The molecule has 0 saturated heterocycles. The van der Waals surface area contributed by atoms with Gasteiger partial charge < -0.3 is 10.2 Å². The van der Waals surface area contributed by atoms with Crippen molar-refractivity contribution < 1.29 is 9.59 Å². The van der Waals surface area contributed by atoms with Crippen LogP contribution in [-0.4, -0.2) is 31.3 Å². The van der Waals surface area contributed by atoms with Crippen LogP contribution in [0.4, 0.5) is 5.69 Å². The van der Waals surface area contributed by atoms with Gasteiger partial charge in [-0.15, -0.1) is 12.4 Å². The lowest BCUT2D eigenvalue weighted by atomic mass is 10.0. The predicted octanol–water partition coefficient (Wildman–Crippen LogP) is 4.86. The van der Waals surface area contributed by atoms with Gasteiger partial charge in [-0.05, 0) is 74.2 Å². The van der Waals surface area contributed by atoms with Crippen molar-refractivity contribution in [2.45, 2.75) is 39.0 Å². The summed E-state index contributed by atoms with van der Waals surface area (Å²) in [5.74, 6) is 0.236. The van der Waals surface area contributed by atoms with Gasteiger partial charge in [-0.25, -0.2) is 0 Å². The molecule has 0 radical (unpaired) electrons. The van der Waals surface area contributed by atoms with Crippen molar-refractivity contribution >= 4 is 41.4 Å². The van der Waals surface area contributed by atoms with Crippen molar-refractivity contribution in [2.75, 3.05) is 24.5 Å². The number of fused-ring (bicyclic) bond motifs is 1. The largest absolute Gasteiger partial charge is 0.316 e. The quantitative estimate of drug-likeness (QED) is 0.452. The maximum atomic E-state index is 12.5. The van der Waals surface area contributed by atoms with Crippen LogP contribution in [0.1, 0.15) is 47.7 Å². The minimum Gasteiger partial charge on any atom is -0.316 e. The van der Waals surface area contributed by atoms with Gasteiger partial charge in [0.1, 0.15) is 0 Å². The van der Waals surface area contributed by atoms with E-state index in [1.54, 1.807) is 11.8 Å².